The third-order valence-corrected chi connectivity index (χ3v) is 10.5. The minimum atomic E-state index is -1.14. The largest absolute Gasteiger partial charge is 0.480 e. The van der Waals surface area contributed by atoms with Crippen molar-refractivity contribution in [2.45, 2.75) is 133 Å². The van der Waals surface area contributed by atoms with Crippen molar-refractivity contribution in [3.63, 3.8) is 0 Å². The summed E-state index contributed by atoms with van der Waals surface area (Å²) in [5.41, 5.74) is 1.17. The fraction of sp³-hybridized carbons (Fsp3) is 0.545. The van der Waals surface area contributed by atoms with Gasteiger partial charge in [0.25, 0.3) is 47.3 Å². The summed E-state index contributed by atoms with van der Waals surface area (Å²) in [5.74, 6) is -9.02. The quantitative estimate of drug-likeness (QED) is 0.128. The summed E-state index contributed by atoms with van der Waals surface area (Å²) >= 11 is 0. The first-order valence-corrected chi connectivity index (χ1v) is 20.6. The molecule has 6 unspecified atom stereocenters. The van der Waals surface area contributed by atoms with E-state index in [1.165, 1.54) is 52.0 Å². The van der Waals surface area contributed by atoms with Crippen LogP contribution in [0, 0.1) is 23.7 Å². The Morgan fingerprint density at radius 2 is 0.646 bits per heavy atom. The number of rotatable bonds is 16. The molecule has 6 atom stereocenters. The number of imide groups is 4. The molecule has 0 bridgehead atoms. The normalized spacial score (nSPS) is 18.6. The molecule has 4 N–H and O–H groups in total. The van der Waals surface area contributed by atoms with Crippen LogP contribution in [0.25, 0.3) is 0 Å². The third kappa shape index (κ3) is 15.0. The molecule has 21 heteroatoms. The molecule has 4 aliphatic rings. The van der Waals surface area contributed by atoms with Crippen LogP contribution >= 0.6 is 0 Å². The maximum atomic E-state index is 11.7. The summed E-state index contributed by atoms with van der Waals surface area (Å²) < 4.78 is 0. The van der Waals surface area contributed by atoms with Gasteiger partial charge in [0.05, 0.1) is 0 Å². The standard InChI is InChI=1S/4C11H15NO4.Zn/c2*1-6(2)4-8(11(15)16)12-9(13)5-7(3)10(12)14;2*1-4-6(2)9(11(15)16)12-8(13)5-7(3)10(12)14;/h2*5-6,8H,4H2,1-3H3,(H,15,16);2*5-6,9H,4H2,1-3H3,(H,15,16);. The van der Waals surface area contributed by atoms with Crippen LogP contribution in [0.1, 0.15) is 109 Å². The average Bonchev–Trinajstić information content (AvgIpc) is 3.79. The molecule has 20 nitrogen and oxygen atoms in total. The van der Waals surface area contributed by atoms with E-state index in [0.717, 1.165) is 19.6 Å². The molecule has 0 fully saturated rings. The van der Waals surface area contributed by atoms with E-state index >= 15 is 0 Å². The van der Waals surface area contributed by atoms with E-state index in [1.807, 2.05) is 41.5 Å². The van der Waals surface area contributed by atoms with Gasteiger partial charge in [0.1, 0.15) is 24.2 Å². The van der Waals surface area contributed by atoms with Crippen molar-refractivity contribution in [1.29, 1.82) is 0 Å². The van der Waals surface area contributed by atoms with Crippen LogP contribution in [0.15, 0.2) is 46.6 Å². The fourth-order valence-electron chi connectivity index (χ4n) is 6.73. The van der Waals surface area contributed by atoms with Crippen LogP contribution in [0.3, 0.4) is 0 Å². The van der Waals surface area contributed by atoms with Crippen molar-refractivity contribution in [3.05, 3.63) is 46.6 Å². The first kappa shape index (κ1) is 59.0. The maximum Gasteiger partial charge on any atom is 0.327 e. The second-order valence-electron chi connectivity index (χ2n) is 16.7. The molecule has 4 heterocycles. The Balaban J connectivity index is 0.000000836. The van der Waals surface area contributed by atoms with Crippen molar-refractivity contribution in [2.24, 2.45) is 23.7 Å². The van der Waals surface area contributed by atoms with Gasteiger partial charge >= 0.3 is 23.9 Å². The number of carboxylic acid groups (broad SMARTS) is 4. The molecular weight excluding hydrogens is 906 g/mol. The Morgan fingerprint density at radius 1 is 0.431 bits per heavy atom. The van der Waals surface area contributed by atoms with Crippen LogP contribution in [0.2, 0.25) is 0 Å². The van der Waals surface area contributed by atoms with Crippen molar-refractivity contribution in [2.75, 3.05) is 0 Å². The first-order valence-electron chi connectivity index (χ1n) is 20.6. The van der Waals surface area contributed by atoms with Crippen LogP contribution in [-0.4, -0.2) is 135 Å². The third-order valence-electron chi connectivity index (χ3n) is 10.5. The molecular formula is C44H60N4O16Zn. The molecule has 0 spiro atoms. The number of amides is 8. The molecule has 0 aromatic carbocycles. The van der Waals surface area contributed by atoms with Crippen molar-refractivity contribution in [1.82, 2.24) is 19.6 Å². The summed E-state index contributed by atoms with van der Waals surface area (Å²) in [5, 5.41) is 36.2. The zero-order valence-corrected chi connectivity index (χ0v) is 41.9. The summed E-state index contributed by atoms with van der Waals surface area (Å²) in [4.78, 5) is 140. The first-order chi connectivity index (χ1) is 29.5. The molecule has 65 heavy (non-hydrogen) atoms. The zero-order chi connectivity index (χ0) is 49.8. The van der Waals surface area contributed by atoms with Gasteiger partial charge in [-0.25, -0.2) is 19.2 Å². The molecule has 0 aromatic heterocycles. The number of hydrogen-bond donors (Lipinski definition) is 4. The fourth-order valence-corrected chi connectivity index (χ4v) is 6.73. The minimum Gasteiger partial charge on any atom is -0.480 e. The summed E-state index contributed by atoms with van der Waals surface area (Å²) in [6.07, 6.45) is 6.44. The number of carboxylic acids is 4. The van der Waals surface area contributed by atoms with Gasteiger partial charge in [0.2, 0.25) is 0 Å². The van der Waals surface area contributed by atoms with Gasteiger partial charge in [-0.05, 0) is 64.2 Å². The van der Waals surface area contributed by atoms with Crippen LogP contribution in [-0.2, 0) is 77.0 Å². The molecule has 4 aliphatic heterocycles. The summed E-state index contributed by atoms with van der Waals surface area (Å²) in [7, 11) is 0. The zero-order valence-electron chi connectivity index (χ0n) is 38.9. The Morgan fingerprint density at radius 3 is 0.785 bits per heavy atom. The smallest absolute Gasteiger partial charge is 0.327 e. The monoisotopic (exact) mass is 964 g/mol. The topological polar surface area (TPSA) is 299 Å². The molecule has 0 aliphatic carbocycles. The average molecular weight is 966 g/mol. The van der Waals surface area contributed by atoms with Gasteiger partial charge < -0.3 is 20.4 Å². The number of carbonyl (C=O) groups excluding carboxylic acids is 8. The van der Waals surface area contributed by atoms with Gasteiger partial charge in [-0.3, -0.25) is 58.0 Å². The predicted molar refractivity (Wildman–Crippen MR) is 226 cm³/mol. The molecule has 0 aromatic rings. The Labute approximate surface area is 390 Å². The Bertz CT molecular complexity index is 1920. The van der Waals surface area contributed by atoms with E-state index in [2.05, 4.69) is 0 Å². The number of carbonyl (C=O) groups is 12. The predicted octanol–water partition coefficient (Wildman–Crippen LogP) is 3.20. The Kier molecular flexibility index (Phi) is 23.2. The van der Waals surface area contributed by atoms with E-state index in [1.54, 1.807) is 13.8 Å². The SMILES string of the molecule is CC1=CC(=O)N(C(CC(C)C)C(=O)O)C1=O.CC1=CC(=O)N(C(CC(C)C)C(=O)O)C1=O.CCC(C)C(C(=O)O)N1C(=O)C=C(C)C1=O.CCC(C)C(C(=O)O)N1C(=O)C=C(C)C1=O.[Zn]. The number of hydrogen-bond acceptors (Lipinski definition) is 12. The molecule has 4 rings (SSSR count). The maximum absolute atomic E-state index is 11.7. The van der Waals surface area contributed by atoms with Gasteiger partial charge in [-0.1, -0.05) is 68.2 Å². The molecule has 354 valence electrons. The van der Waals surface area contributed by atoms with Crippen molar-refractivity contribution in [3.8, 4) is 0 Å². The van der Waals surface area contributed by atoms with Crippen LogP contribution in [0.4, 0.5) is 0 Å². The van der Waals surface area contributed by atoms with Crippen molar-refractivity contribution < 1.29 is 97.4 Å². The minimum absolute atomic E-state index is 0. The van der Waals surface area contributed by atoms with Crippen LogP contribution < -0.4 is 0 Å². The second-order valence-corrected chi connectivity index (χ2v) is 16.7. The second kappa shape index (κ2) is 25.5. The van der Waals surface area contributed by atoms with E-state index in [0.29, 0.717) is 35.1 Å². The van der Waals surface area contributed by atoms with Gasteiger partial charge in [0, 0.05) is 66.1 Å². The van der Waals surface area contributed by atoms with E-state index in [4.69, 9.17) is 20.4 Å². The number of nitrogens with zero attached hydrogens (tertiary/aromatic N) is 4. The summed E-state index contributed by atoms with van der Waals surface area (Å²) in [6.45, 7) is 20.5. The molecule has 0 radical (unpaired) electrons. The van der Waals surface area contributed by atoms with Crippen molar-refractivity contribution >= 4 is 71.1 Å². The summed E-state index contributed by atoms with van der Waals surface area (Å²) in [6, 6.07) is -4.26. The van der Waals surface area contributed by atoms with Gasteiger partial charge in [0.15, 0.2) is 0 Å². The molecule has 0 saturated carbocycles. The Hall–Kier alpha value is -5.98. The molecule has 8 amide bonds. The van der Waals surface area contributed by atoms with Gasteiger partial charge in [-0.15, -0.1) is 0 Å². The van der Waals surface area contributed by atoms with E-state index in [-0.39, 0.29) is 56.0 Å². The van der Waals surface area contributed by atoms with Crippen LogP contribution in [0.5, 0.6) is 0 Å². The van der Waals surface area contributed by atoms with E-state index < -0.39 is 95.3 Å². The number of aliphatic carboxylic acids is 4. The van der Waals surface area contributed by atoms with Gasteiger partial charge in [-0.2, -0.15) is 0 Å². The van der Waals surface area contributed by atoms with E-state index in [9.17, 15) is 57.5 Å². The molecule has 0 saturated heterocycles.